The van der Waals surface area contributed by atoms with Crippen LogP contribution in [-0.4, -0.2) is 0 Å². The maximum Gasteiger partial charge on any atom is 0.136 e. The van der Waals surface area contributed by atoms with Crippen molar-refractivity contribution in [2.45, 2.75) is 20.3 Å². The maximum absolute atomic E-state index is 6.69. The van der Waals surface area contributed by atoms with Gasteiger partial charge in [-0.25, -0.2) is 0 Å². The highest BCUT2D eigenvalue weighted by atomic mass is 16.3. The summed E-state index contributed by atoms with van der Waals surface area (Å²) in [6.07, 6.45) is 0.902. The molecule has 0 unspecified atom stereocenters. The first kappa shape index (κ1) is 32.3. The van der Waals surface area contributed by atoms with Gasteiger partial charge in [-0.2, -0.15) is 0 Å². The van der Waals surface area contributed by atoms with Crippen molar-refractivity contribution >= 4 is 77.6 Å². The summed E-state index contributed by atoms with van der Waals surface area (Å²) in [7, 11) is 0. The van der Waals surface area contributed by atoms with E-state index in [9.17, 15) is 0 Å². The number of hydrogen-bond acceptors (Lipinski definition) is 3. The van der Waals surface area contributed by atoms with Gasteiger partial charge in [0.1, 0.15) is 11.2 Å². The lowest BCUT2D eigenvalue weighted by Gasteiger charge is -2.27. The molecule has 3 nitrogen and oxygen atoms in total. The summed E-state index contributed by atoms with van der Waals surface area (Å²) < 4.78 is 6.69. The molecular weight excluding hydrogens is 681 g/mol. The summed E-state index contributed by atoms with van der Waals surface area (Å²) in [5.41, 5.74) is 16.5. The number of fused-ring (bicyclic) bond motifs is 8. The third kappa shape index (κ3) is 5.27. The monoisotopic (exact) mass is 718 g/mol. The maximum atomic E-state index is 6.69. The zero-order chi connectivity index (χ0) is 37.3. The number of para-hydroxylation sites is 4. The molecule has 0 spiro atoms. The van der Waals surface area contributed by atoms with Crippen LogP contribution >= 0.6 is 0 Å². The fourth-order valence-electron chi connectivity index (χ4n) is 8.84. The van der Waals surface area contributed by atoms with Crippen LogP contribution in [0.25, 0.3) is 54.6 Å². The van der Waals surface area contributed by atoms with Gasteiger partial charge in [-0.05, 0) is 166 Å². The van der Waals surface area contributed by atoms with Gasteiger partial charge in [-0.3, -0.25) is 0 Å². The highest BCUT2D eigenvalue weighted by Gasteiger charge is 2.23. The Morgan fingerprint density at radius 2 is 0.857 bits per heavy atom. The predicted molar refractivity (Wildman–Crippen MR) is 236 cm³/mol. The number of nitrogens with zero attached hydrogens (tertiary/aromatic N) is 2. The van der Waals surface area contributed by atoms with Crippen LogP contribution in [0.2, 0.25) is 0 Å². The van der Waals surface area contributed by atoms with Gasteiger partial charge in [0.25, 0.3) is 0 Å². The molecule has 0 amide bonds. The summed E-state index contributed by atoms with van der Waals surface area (Å²) in [6, 6.07) is 66.0. The second-order valence-corrected chi connectivity index (χ2v) is 15.1. The van der Waals surface area contributed by atoms with E-state index in [4.69, 9.17) is 4.42 Å². The van der Waals surface area contributed by atoms with Crippen molar-refractivity contribution in [1.82, 2.24) is 0 Å². The number of benzene rings is 9. The Hall–Kier alpha value is -7.10. The average molecular weight is 719 g/mol. The van der Waals surface area contributed by atoms with Crippen molar-refractivity contribution in [2.75, 3.05) is 9.80 Å². The lowest BCUT2D eigenvalue weighted by Crippen LogP contribution is -2.11. The molecule has 0 bridgehead atoms. The van der Waals surface area contributed by atoms with Gasteiger partial charge in [-0.1, -0.05) is 91.0 Å². The van der Waals surface area contributed by atoms with E-state index in [1.54, 1.807) is 0 Å². The van der Waals surface area contributed by atoms with Gasteiger partial charge in [0.05, 0.1) is 0 Å². The number of furan rings is 1. The summed E-state index contributed by atoms with van der Waals surface area (Å²) in [6.45, 7) is 4.35. The van der Waals surface area contributed by atoms with Crippen LogP contribution in [0.15, 0.2) is 186 Å². The first-order chi connectivity index (χ1) is 27.6. The second kappa shape index (κ2) is 12.8. The smallest absolute Gasteiger partial charge is 0.136 e. The van der Waals surface area contributed by atoms with Crippen molar-refractivity contribution in [3.8, 4) is 11.1 Å². The summed E-state index contributed by atoms with van der Waals surface area (Å²) >= 11 is 0. The Balaban J connectivity index is 0.981. The number of hydrogen-bond donors (Lipinski definition) is 0. The van der Waals surface area contributed by atoms with Gasteiger partial charge in [0.2, 0.25) is 0 Å². The number of anilines is 6. The fourth-order valence-corrected chi connectivity index (χ4v) is 8.84. The van der Waals surface area contributed by atoms with Gasteiger partial charge >= 0.3 is 0 Å². The minimum atomic E-state index is 0.902. The zero-order valence-electron chi connectivity index (χ0n) is 31.3. The molecule has 0 fully saturated rings. The Bertz CT molecular complexity index is 3140. The van der Waals surface area contributed by atoms with E-state index in [1.807, 2.05) is 0 Å². The van der Waals surface area contributed by atoms with Gasteiger partial charge < -0.3 is 14.2 Å². The third-order valence-corrected chi connectivity index (χ3v) is 11.6. The highest BCUT2D eigenvalue weighted by molar-refractivity contribution is 6.12. The molecule has 3 heteroatoms. The molecule has 11 rings (SSSR count). The van der Waals surface area contributed by atoms with Crippen LogP contribution < -0.4 is 9.80 Å². The average Bonchev–Trinajstić information content (AvgIpc) is 3.76. The van der Waals surface area contributed by atoms with E-state index in [1.165, 1.54) is 66.3 Å². The lowest BCUT2D eigenvalue weighted by atomic mass is 9.99. The van der Waals surface area contributed by atoms with E-state index >= 15 is 0 Å². The summed E-state index contributed by atoms with van der Waals surface area (Å²) in [5, 5.41) is 7.16. The van der Waals surface area contributed by atoms with Crippen LogP contribution in [0.1, 0.15) is 22.3 Å². The van der Waals surface area contributed by atoms with Gasteiger partial charge in [0.15, 0.2) is 0 Å². The molecule has 266 valence electrons. The lowest BCUT2D eigenvalue weighted by molar-refractivity contribution is 0.669. The molecule has 1 heterocycles. The molecule has 0 saturated carbocycles. The van der Waals surface area contributed by atoms with Crippen LogP contribution in [0.4, 0.5) is 34.1 Å². The standard InChI is InChI=1S/C53H38N2O/c1-34-13-9-11-19-50(34)54(42-15-5-3-6-16-42)44-23-21-36-29-46-40(25-38(36)27-44)26-41-31-49-48-30-37-22-24-45(28-39(37)32-52(48)56-53(49)33-47(41)46)55(43-17-7-4-8-18-43)51-20-12-10-14-35(51)2/h3-25,27-33H,26H2,1-2H3. The number of aryl methyl sites for hydroxylation is 2. The Morgan fingerprint density at radius 3 is 1.46 bits per heavy atom. The normalized spacial score (nSPS) is 12.0. The van der Waals surface area contributed by atoms with E-state index in [2.05, 4.69) is 206 Å². The SMILES string of the molecule is Cc1ccccc1N(c1ccccc1)c1ccc2cc3c(cc2c1)Cc1cc2c(cc1-3)oc1cc3cc(N(c4ccccc4)c4ccccc4C)ccc3cc12. The van der Waals surface area contributed by atoms with Gasteiger partial charge in [-0.15, -0.1) is 0 Å². The van der Waals surface area contributed by atoms with Crippen LogP contribution in [0, 0.1) is 13.8 Å². The predicted octanol–water partition coefficient (Wildman–Crippen LogP) is 15.0. The molecule has 0 aliphatic heterocycles. The first-order valence-electron chi connectivity index (χ1n) is 19.4. The Morgan fingerprint density at radius 1 is 0.375 bits per heavy atom. The molecule has 10 aromatic rings. The van der Waals surface area contributed by atoms with E-state index in [0.717, 1.165) is 51.1 Å². The Labute approximate surface area is 326 Å². The summed E-state index contributed by atoms with van der Waals surface area (Å²) in [5.74, 6) is 0. The Kier molecular flexibility index (Phi) is 7.36. The fraction of sp³-hybridized carbons (Fsp3) is 0.0566. The van der Waals surface area contributed by atoms with Crippen molar-refractivity contribution in [3.63, 3.8) is 0 Å². The molecule has 0 N–H and O–H groups in total. The van der Waals surface area contributed by atoms with E-state index in [-0.39, 0.29) is 0 Å². The third-order valence-electron chi connectivity index (χ3n) is 11.6. The molecule has 1 aromatic heterocycles. The molecule has 0 atom stereocenters. The molecule has 1 aliphatic carbocycles. The topological polar surface area (TPSA) is 19.6 Å². The zero-order valence-corrected chi connectivity index (χ0v) is 31.3. The van der Waals surface area contributed by atoms with Crippen LogP contribution in [-0.2, 0) is 6.42 Å². The summed E-state index contributed by atoms with van der Waals surface area (Å²) in [4.78, 5) is 4.71. The first-order valence-corrected chi connectivity index (χ1v) is 19.4. The molecule has 0 radical (unpaired) electrons. The second-order valence-electron chi connectivity index (χ2n) is 15.1. The molecular formula is C53H38N2O. The van der Waals surface area contributed by atoms with Crippen LogP contribution in [0.3, 0.4) is 0 Å². The van der Waals surface area contributed by atoms with Crippen molar-refractivity contribution in [3.05, 3.63) is 204 Å². The minimum Gasteiger partial charge on any atom is -0.456 e. The molecule has 0 saturated heterocycles. The van der Waals surface area contributed by atoms with E-state index in [0.29, 0.717) is 0 Å². The van der Waals surface area contributed by atoms with Crippen LogP contribution in [0.5, 0.6) is 0 Å². The quantitative estimate of drug-likeness (QED) is 0.171. The molecule has 56 heavy (non-hydrogen) atoms. The molecule has 1 aliphatic rings. The van der Waals surface area contributed by atoms with Crippen molar-refractivity contribution in [1.29, 1.82) is 0 Å². The van der Waals surface area contributed by atoms with Gasteiger partial charge in [0, 0.05) is 44.9 Å². The largest absolute Gasteiger partial charge is 0.456 e. The van der Waals surface area contributed by atoms with E-state index < -0.39 is 0 Å². The number of rotatable bonds is 6. The van der Waals surface area contributed by atoms with Crippen molar-refractivity contribution < 1.29 is 4.42 Å². The molecule has 9 aromatic carbocycles. The van der Waals surface area contributed by atoms with Crippen molar-refractivity contribution in [2.24, 2.45) is 0 Å². The highest BCUT2D eigenvalue weighted by Crippen LogP contribution is 2.45. The minimum absolute atomic E-state index is 0.902.